The van der Waals surface area contributed by atoms with E-state index in [4.69, 9.17) is 4.74 Å². The number of anilines is 1. The van der Waals surface area contributed by atoms with E-state index in [1.54, 1.807) is 25.3 Å². The second-order valence-corrected chi connectivity index (χ2v) is 8.05. The summed E-state index contributed by atoms with van der Waals surface area (Å²) in [7, 11) is 1.58. The van der Waals surface area contributed by atoms with Gasteiger partial charge in [-0.05, 0) is 61.7 Å². The second kappa shape index (κ2) is 8.35. The maximum absolute atomic E-state index is 13.3. The van der Waals surface area contributed by atoms with Gasteiger partial charge in [0.05, 0.1) is 18.7 Å². The van der Waals surface area contributed by atoms with Crippen LogP contribution in [0.2, 0.25) is 0 Å². The van der Waals surface area contributed by atoms with Crippen LogP contribution in [0.5, 0.6) is 5.75 Å². The van der Waals surface area contributed by atoms with E-state index in [1.165, 1.54) is 4.90 Å². The minimum atomic E-state index is -0.736. The van der Waals surface area contributed by atoms with Crippen molar-refractivity contribution in [3.63, 3.8) is 0 Å². The van der Waals surface area contributed by atoms with Crippen LogP contribution in [0, 0.1) is 20.8 Å². The Bertz CT molecular complexity index is 1240. The van der Waals surface area contributed by atoms with Gasteiger partial charge in [0, 0.05) is 11.3 Å². The summed E-state index contributed by atoms with van der Waals surface area (Å²) in [4.78, 5) is 28.0. The fourth-order valence-electron chi connectivity index (χ4n) is 4.29. The number of Topliss-reactive ketones (excluding diaryl/α,β-unsaturated/α-hetero) is 1. The molecule has 3 aromatic carbocycles. The molecular formula is C27H25NO4. The number of benzene rings is 3. The Labute approximate surface area is 187 Å². The molecule has 1 aliphatic rings. The third-order valence-electron chi connectivity index (χ3n) is 5.84. The summed E-state index contributed by atoms with van der Waals surface area (Å²) in [5.74, 6) is -0.880. The van der Waals surface area contributed by atoms with E-state index in [0.717, 1.165) is 22.3 Å². The number of aryl methyl sites for hydroxylation is 3. The highest BCUT2D eigenvalue weighted by Gasteiger charge is 2.47. The van der Waals surface area contributed by atoms with E-state index in [9.17, 15) is 14.7 Å². The first-order valence-corrected chi connectivity index (χ1v) is 10.4. The van der Waals surface area contributed by atoms with Gasteiger partial charge in [-0.2, -0.15) is 0 Å². The summed E-state index contributed by atoms with van der Waals surface area (Å²) < 4.78 is 5.30. The SMILES string of the molecule is COc1ccc(/C(O)=C2\C(=O)C(=O)N(c3ccc(C)cc3C)C2c2ccccc2)cc1C. The molecule has 1 unspecified atom stereocenters. The van der Waals surface area contributed by atoms with Crippen LogP contribution < -0.4 is 9.64 Å². The third-order valence-corrected chi connectivity index (χ3v) is 5.84. The number of rotatable bonds is 4. The lowest BCUT2D eigenvalue weighted by Crippen LogP contribution is -2.30. The Morgan fingerprint density at radius 3 is 2.25 bits per heavy atom. The Morgan fingerprint density at radius 1 is 0.906 bits per heavy atom. The molecule has 1 saturated heterocycles. The van der Waals surface area contributed by atoms with Gasteiger partial charge >= 0.3 is 0 Å². The van der Waals surface area contributed by atoms with Gasteiger partial charge in [-0.15, -0.1) is 0 Å². The van der Waals surface area contributed by atoms with Crippen LogP contribution in [-0.4, -0.2) is 23.9 Å². The Hall–Kier alpha value is -3.86. The zero-order chi connectivity index (χ0) is 23.0. The highest BCUT2D eigenvalue weighted by Crippen LogP contribution is 2.43. The smallest absolute Gasteiger partial charge is 0.300 e. The predicted octanol–water partition coefficient (Wildman–Crippen LogP) is 5.25. The van der Waals surface area contributed by atoms with Crippen molar-refractivity contribution in [1.82, 2.24) is 0 Å². The van der Waals surface area contributed by atoms with Crippen molar-refractivity contribution in [1.29, 1.82) is 0 Å². The summed E-state index contributed by atoms with van der Waals surface area (Å²) in [5.41, 5.74) is 4.70. The summed E-state index contributed by atoms with van der Waals surface area (Å²) in [6.07, 6.45) is 0. The number of methoxy groups -OCH3 is 1. The van der Waals surface area contributed by atoms with E-state index in [-0.39, 0.29) is 11.3 Å². The first-order valence-electron chi connectivity index (χ1n) is 10.4. The number of nitrogens with zero attached hydrogens (tertiary/aromatic N) is 1. The largest absolute Gasteiger partial charge is 0.507 e. The van der Waals surface area contributed by atoms with Crippen molar-refractivity contribution < 1.29 is 19.4 Å². The van der Waals surface area contributed by atoms with E-state index in [0.29, 0.717) is 17.0 Å². The molecule has 0 aromatic heterocycles. The average molecular weight is 428 g/mol. The van der Waals surface area contributed by atoms with Gasteiger partial charge < -0.3 is 9.84 Å². The Morgan fingerprint density at radius 2 is 1.62 bits per heavy atom. The first kappa shape index (κ1) is 21.4. The molecule has 32 heavy (non-hydrogen) atoms. The van der Waals surface area contributed by atoms with Gasteiger partial charge in [0.15, 0.2) is 0 Å². The number of aliphatic hydroxyl groups excluding tert-OH is 1. The Kier molecular flexibility index (Phi) is 5.57. The predicted molar refractivity (Wildman–Crippen MR) is 125 cm³/mol. The average Bonchev–Trinajstić information content (AvgIpc) is 3.04. The Balaban J connectivity index is 1.95. The molecule has 1 aliphatic heterocycles. The molecule has 0 bridgehead atoms. The lowest BCUT2D eigenvalue weighted by Gasteiger charge is -2.27. The lowest BCUT2D eigenvalue weighted by molar-refractivity contribution is -0.132. The van der Waals surface area contributed by atoms with Crippen molar-refractivity contribution in [3.05, 3.63) is 100 Å². The van der Waals surface area contributed by atoms with Gasteiger partial charge in [-0.25, -0.2) is 0 Å². The van der Waals surface area contributed by atoms with Gasteiger partial charge in [-0.3, -0.25) is 14.5 Å². The molecule has 0 aliphatic carbocycles. The summed E-state index contributed by atoms with van der Waals surface area (Å²) in [6, 6.07) is 19.5. The van der Waals surface area contributed by atoms with Gasteiger partial charge in [0.2, 0.25) is 0 Å². The fraction of sp³-hybridized carbons (Fsp3) is 0.185. The van der Waals surface area contributed by atoms with Crippen LogP contribution >= 0.6 is 0 Å². The van der Waals surface area contributed by atoms with E-state index >= 15 is 0 Å². The standard InChI is InChI=1S/C27H25NO4/c1-16-10-12-21(17(2)14-16)28-24(19-8-6-5-7-9-19)23(26(30)27(28)31)25(29)20-11-13-22(32-4)18(3)15-20/h5-15,24,29H,1-4H3/b25-23+. The number of hydrogen-bond donors (Lipinski definition) is 1. The van der Waals surface area contributed by atoms with Crippen molar-refractivity contribution in [3.8, 4) is 5.75 Å². The molecule has 3 aromatic rings. The topological polar surface area (TPSA) is 66.8 Å². The van der Waals surface area contributed by atoms with Crippen LogP contribution in [0.15, 0.2) is 72.3 Å². The molecular weight excluding hydrogens is 402 g/mol. The highest BCUT2D eigenvalue weighted by molar-refractivity contribution is 6.51. The molecule has 162 valence electrons. The van der Waals surface area contributed by atoms with Gasteiger partial charge in [-0.1, -0.05) is 48.0 Å². The molecule has 0 spiro atoms. The van der Waals surface area contributed by atoms with Crippen LogP contribution in [0.4, 0.5) is 5.69 Å². The first-order chi connectivity index (χ1) is 15.3. The summed E-state index contributed by atoms with van der Waals surface area (Å²) in [5, 5.41) is 11.2. The monoisotopic (exact) mass is 427 g/mol. The van der Waals surface area contributed by atoms with Crippen LogP contribution in [0.1, 0.15) is 33.9 Å². The van der Waals surface area contributed by atoms with E-state index in [2.05, 4.69) is 0 Å². The zero-order valence-electron chi connectivity index (χ0n) is 18.5. The molecule has 1 atom stereocenters. The number of hydrogen-bond acceptors (Lipinski definition) is 4. The number of amides is 1. The third kappa shape index (κ3) is 3.56. The molecule has 1 fully saturated rings. The number of carbonyl (C=O) groups is 2. The van der Waals surface area contributed by atoms with Crippen LogP contribution in [0.25, 0.3) is 5.76 Å². The molecule has 1 heterocycles. The summed E-state index contributed by atoms with van der Waals surface area (Å²) >= 11 is 0. The van der Waals surface area contributed by atoms with Crippen LogP contribution in [0.3, 0.4) is 0 Å². The highest BCUT2D eigenvalue weighted by atomic mass is 16.5. The summed E-state index contributed by atoms with van der Waals surface area (Å²) in [6.45, 7) is 5.75. The number of carbonyl (C=O) groups excluding carboxylic acids is 2. The minimum absolute atomic E-state index is 0.0748. The van der Waals surface area contributed by atoms with Gasteiger partial charge in [0.1, 0.15) is 11.5 Å². The lowest BCUT2D eigenvalue weighted by atomic mass is 9.94. The zero-order valence-corrected chi connectivity index (χ0v) is 18.5. The molecule has 0 saturated carbocycles. The minimum Gasteiger partial charge on any atom is -0.507 e. The maximum atomic E-state index is 13.3. The van der Waals surface area contributed by atoms with E-state index in [1.807, 2.05) is 69.3 Å². The van der Waals surface area contributed by atoms with Crippen LogP contribution in [-0.2, 0) is 9.59 Å². The number of ketones is 1. The molecule has 5 nitrogen and oxygen atoms in total. The second-order valence-electron chi connectivity index (χ2n) is 8.05. The number of aliphatic hydroxyl groups is 1. The van der Waals surface area contributed by atoms with Crippen molar-refractivity contribution in [2.75, 3.05) is 12.0 Å². The molecule has 5 heteroatoms. The number of ether oxygens (including phenoxy) is 1. The van der Waals surface area contributed by atoms with Crippen molar-refractivity contribution in [2.24, 2.45) is 0 Å². The molecule has 1 N–H and O–H groups in total. The molecule has 1 amide bonds. The van der Waals surface area contributed by atoms with Gasteiger partial charge in [0.25, 0.3) is 11.7 Å². The fourth-order valence-corrected chi connectivity index (χ4v) is 4.29. The van der Waals surface area contributed by atoms with E-state index < -0.39 is 17.7 Å². The van der Waals surface area contributed by atoms with Crippen molar-refractivity contribution in [2.45, 2.75) is 26.8 Å². The molecule has 4 rings (SSSR count). The molecule has 0 radical (unpaired) electrons. The quantitative estimate of drug-likeness (QED) is 0.351. The normalized spacial score (nSPS) is 17.6. The van der Waals surface area contributed by atoms with Crippen molar-refractivity contribution >= 4 is 23.1 Å². The maximum Gasteiger partial charge on any atom is 0.300 e.